The van der Waals surface area contributed by atoms with Crippen LogP contribution in [0.5, 0.6) is 0 Å². The van der Waals surface area contributed by atoms with Crippen molar-refractivity contribution in [1.29, 1.82) is 0 Å². The standard InChI is InChI=1S/C18H21FN4O/c1-22-6-5-16-15(10-22)18(21-11-20-16)23-9-14(24)8-17(23)12-3-2-4-13(19)7-12/h2-4,7,11,14,17,24H,5-6,8-10H2,1H3/t14-,17-/m0/s1. The van der Waals surface area contributed by atoms with Crippen LogP contribution in [0.4, 0.5) is 10.2 Å². The van der Waals surface area contributed by atoms with Crippen molar-refractivity contribution < 1.29 is 9.50 Å². The molecule has 0 amide bonds. The van der Waals surface area contributed by atoms with Crippen LogP contribution in [-0.4, -0.2) is 46.2 Å². The van der Waals surface area contributed by atoms with Crippen molar-refractivity contribution in [3.05, 3.63) is 53.2 Å². The van der Waals surface area contributed by atoms with E-state index >= 15 is 0 Å². The Morgan fingerprint density at radius 3 is 3.00 bits per heavy atom. The van der Waals surface area contributed by atoms with Gasteiger partial charge in [-0.3, -0.25) is 0 Å². The van der Waals surface area contributed by atoms with Crippen LogP contribution < -0.4 is 4.90 Å². The second kappa shape index (κ2) is 6.11. The number of benzene rings is 1. The van der Waals surface area contributed by atoms with Gasteiger partial charge in [-0.25, -0.2) is 14.4 Å². The Morgan fingerprint density at radius 2 is 2.17 bits per heavy atom. The zero-order valence-corrected chi connectivity index (χ0v) is 13.7. The number of fused-ring (bicyclic) bond motifs is 1. The summed E-state index contributed by atoms with van der Waals surface area (Å²) in [5.41, 5.74) is 3.09. The summed E-state index contributed by atoms with van der Waals surface area (Å²) in [6.45, 7) is 2.29. The molecule has 1 aromatic carbocycles. The number of β-amino-alcohol motifs (C(OH)–C–C–N with tert-alkyl or cyclic N) is 1. The van der Waals surface area contributed by atoms with Crippen LogP contribution in [0.2, 0.25) is 0 Å². The van der Waals surface area contributed by atoms with Gasteiger partial charge >= 0.3 is 0 Å². The van der Waals surface area contributed by atoms with E-state index in [2.05, 4.69) is 26.8 Å². The molecule has 0 unspecified atom stereocenters. The first-order valence-electron chi connectivity index (χ1n) is 8.33. The van der Waals surface area contributed by atoms with Gasteiger partial charge in [0, 0.05) is 31.6 Å². The first-order chi connectivity index (χ1) is 11.6. The maximum absolute atomic E-state index is 13.7. The molecule has 24 heavy (non-hydrogen) atoms. The molecule has 0 radical (unpaired) electrons. The van der Waals surface area contributed by atoms with Gasteiger partial charge in [-0.2, -0.15) is 0 Å². The minimum atomic E-state index is -0.440. The zero-order valence-electron chi connectivity index (χ0n) is 13.7. The van der Waals surface area contributed by atoms with Crippen LogP contribution in [-0.2, 0) is 13.0 Å². The Balaban J connectivity index is 1.75. The smallest absolute Gasteiger partial charge is 0.137 e. The Morgan fingerprint density at radius 1 is 1.29 bits per heavy atom. The van der Waals surface area contributed by atoms with Crippen molar-refractivity contribution in [2.24, 2.45) is 0 Å². The summed E-state index contributed by atoms with van der Waals surface area (Å²) in [5, 5.41) is 10.2. The highest BCUT2D eigenvalue weighted by Crippen LogP contribution is 2.38. The average Bonchev–Trinajstić information content (AvgIpc) is 2.96. The molecule has 1 N–H and O–H groups in total. The summed E-state index contributed by atoms with van der Waals surface area (Å²) in [5.74, 6) is 0.621. The van der Waals surface area contributed by atoms with Crippen molar-refractivity contribution in [1.82, 2.24) is 14.9 Å². The number of rotatable bonds is 2. The third-order valence-corrected chi connectivity index (χ3v) is 4.95. The van der Waals surface area contributed by atoms with E-state index in [9.17, 15) is 9.50 Å². The lowest BCUT2D eigenvalue weighted by molar-refractivity contribution is 0.194. The van der Waals surface area contributed by atoms with Crippen molar-refractivity contribution in [2.45, 2.75) is 31.5 Å². The van der Waals surface area contributed by atoms with E-state index in [1.807, 2.05) is 6.07 Å². The highest BCUT2D eigenvalue weighted by Gasteiger charge is 2.35. The van der Waals surface area contributed by atoms with Crippen LogP contribution in [0.25, 0.3) is 0 Å². The molecule has 1 fully saturated rings. The first kappa shape index (κ1) is 15.5. The molecule has 2 atom stereocenters. The van der Waals surface area contributed by atoms with Crippen molar-refractivity contribution in [3.63, 3.8) is 0 Å². The van der Waals surface area contributed by atoms with Crippen LogP contribution in [0.3, 0.4) is 0 Å². The molecule has 6 heteroatoms. The molecule has 0 saturated carbocycles. The number of aromatic nitrogens is 2. The fourth-order valence-electron chi connectivity index (χ4n) is 3.79. The molecular weight excluding hydrogens is 307 g/mol. The fraction of sp³-hybridized carbons (Fsp3) is 0.444. The summed E-state index contributed by atoms with van der Waals surface area (Å²) in [6.07, 6.45) is 2.65. The second-order valence-corrected chi connectivity index (χ2v) is 6.72. The number of halogens is 1. The Kier molecular flexibility index (Phi) is 3.94. The van der Waals surface area contributed by atoms with Gasteiger partial charge in [-0.05, 0) is 31.2 Å². The number of anilines is 1. The quantitative estimate of drug-likeness (QED) is 0.913. The largest absolute Gasteiger partial charge is 0.391 e. The number of hydrogen-bond acceptors (Lipinski definition) is 5. The lowest BCUT2D eigenvalue weighted by Gasteiger charge is -2.31. The van der Waals surface area contributed by atoms with E-state index in [0.29, 0.717) is 13.0 Å². The molecule has 2 aliphatic heterocycles. The number of aliphatic hydroxyl groups excluding tert-OH is 1. The number of nitrogens with zero attached hydrogens (tertiary/aromatic N) is 4. The van der Waals surface area contributed by atoms with Crippen molar-refractivity contribution >= 4 is 5.82 Å². The van der Waals surface area contributed by atoms with Gasteiger partial charge in [-0.1, -0.05) is 12.1 Å². The molecule has 2 aromatic rings. The Labute approximate surface area is 140 Å². The molecule has 5 nitrogen and oxygen atoms in total. The van der Waals surface area contributed by atoms with Crippen LogP contribution in [0.15, 0.2) is 30.6 Å². The molecule has 0 spiro atoms. The number of aliphatic hydroxyl groups is 1. The van der Waals surface area contributed by atoms with Crippen molar-refractivity contribution in [2.75, 3.05) is 25.0 Å². The molecule has 0 bridgehead atoms. The van der Waals surface area contributed by atoms with E-state index in [0.717, 1.165) is 42.1 Å². The Hall–Kier alpha value is -2.05. The first-order valence-corrected chi connectivity index (χ1v) is 8.33. The minimum Gasteiger partial charge on any atom is -0.391 e. The lowest BCUT2D eigenvalue weighted by Crippen LogP contribution is -2.32. The summed E-state index contributed by atoms with van der Waals surface area (Å²) in [4.78, 5) is 13.3. The molecule has 126 valence electrons. The average molecular weight is 328 g/mol. The van der Waals surface area contributed by atoms with Gasteiger partial charge in [0.1, 0.15) is 18.0 Å². The Bertz CT molecular complexity index is 754. The molecule has 3 heterocycles. The molecule has 1 aromatic heterocycles. The minimum absolute atomic E-state index is 0.0677. The molecule has 4 rings (SSSR count). The van der Waals surface area contributed by atoms with Gasteiger partial charge in [0.15, 0.2) is 0 Å². The zero-order chi connectivity index (χ0) is 16.7. The normalized spacial score (nSPS) is 24.2. The monoisotopic (exact) mass is 328 g/mol. The summed E-state index contributed by atoms with van der Waals surface area (Å²) in [6, 6.07) is 6.56. The molecule has 2 aliphatic rings. The van der Waals surface area contributed by atoms with Gasteiger partial charge in [0.2, 0.25) is 0 Å². The van der Waals surface area contributed by atoms with E-state index in [1.54, 1.807) is 18.5 Å². The van der Waals surface area contributed by atoms with E-state index in [-0.39, 0.29) is 11.9 Å². The molecule has 1 saturated heterocycles. The van der Waals surface area contributed by atoms with E-state index < -0.39 is 6.10 Å². The fourth-order valence-corrected chi connectivity index (χ4v) is 3.79. The SMILES string of the molecule is CN1CCc2ncnc(N3C[C@@H](O)C[C@H]3c3cccc(F)c3)c2C1. The summed E-state index contributed by atoms with van der Waals surface area (Å²) < 4.78 is 13.7. The third kappa shape index (κ3) is 2.76. The molecule has 0 aliphatic carbocycles. The van der Waals surface area contributed by atoms with E-state index in [4.69, 9.17) is 0 Å². The third-order valence-electron chi connectivity index (χ3n) is 4.95. The highest BCUT2D eigenvalue weighted by atomic mass is 19.1. The predicted molar refractivity (Wildman–Crippen MR) is 89.2 cm³/mol. The van der Waals surface area contributed by atoms with Gasteiger partial charge in [0.25, 0.3) is 0 Å². The molecular formula is C18H21FN4O. The highest BCUT2D eigenvalue weighted by molar-refractivity contribution is 5.53. The number of likely N-dealkylation sites (N-methyl/N-ethyl adjacent to an activating group) is 1. The van der Waals surface area contributed by atoms with Crippen LogP contribution in [0, 0.1) is 5.82 Å². The topological polar surface area (TPSA) is 52.5 Å². The van der Waals surface area contributed by atoms with Gasteiger partial charge < -0.3 is 14.9 Å². The van der Waals surface area contributed by atoms with Crippen LogP contribution in [0.1, 0.15) is 29.3 Å². The summed E-state index contributed by atoms with van der Waals surface area (Å²) >= 11 is 0. The maximum atomic E-state index is 13.7. The van der Waals surface area contributed by atoms with Crippen LogP contribution >= 0.6 is 0 Å². The van der Waals surface area contributed by atoms with Gasteiger partial charge in [0.05, 0.1) is 17.8 Å². The van der Waals surface area contributed by atoms with Gasteiger partial charge in [-0.15, -0.1) is 0 Å². The predicted octanol–water partition coefficient (Wildman–Crippen LogP) is 1.92. The lowest BCUT2D eigenvalue weighted by atomic mass is 10.0. The summed E-state index contributed by atoms with van der Waals surface area (Å²) in [7, 11) is 2.09. The van der Waals surface area contributed by atoms with E-state index in [1.165, 1.54) is 6.07 Å². The number of hydrogen-bond donors (Lipinski definition) is 1. The van der Waals surface area contributed by atoms with Crippen molar-refractivity contribution in [3.8, 4) is 0 Å². The second-order valence-electron chi connectivity index (χ2n) is 6.72. The maximum Gasteiger partial charge on any atom is 0.137 e.